The molecule has 1 aliphatic heterocycles. The molecule has 4 rings (SSSR count). The molecule has 0 spiro atoms. The summed E-state index contributed by atoms with van der Waals surface area (Å²) in [4.78, 5) is 3.37. The van der Waals surface area contributed by atoms with Crippen molar-refractivity contribution in [2.75, 3.05) is 11.5 Å². The molecule has 0 radical (unpaired) electrons. The number of rotatable bonds is 3. The molecule has 0 saturated carbocycles. The summed E-state index contributed by atoms with van der Waals surface area (Å²) in [6.45, 7) is 0. The van der Waals surface area contributed by atoms with Crippen molar-refractivity contribution in [3.05, 3.63) is 76.4 Å². The molecule has 1 nitrogen and oxygen atoms in total. The first-order chi connectivity index (χ1) is 11.8. The predicted molar refractivity (Wildman–Crippen MR) is 113 cm³/mol. The molecule has 1 fully saturated rings. The van der Waals surface area contributed by atoms with Crippen molar-refractivity contribution in [3.8, 4) is 0 Å². The largest absolute Gasteiger partial charge is 0.361 e. The molecule has 0 bridgehead atoms. The van der Waals surface area contributed by atoms with E-state index >= 15 is 0 Å². The van der Waals surface area contributed by atoms with Gasteiger partial charge in [-0.05, 0) is 35.6 Å². The van der Waals surface area contributed by atoms with Crippen LogP contribution in [0.5, 0.6) is 0 Å². The zero-order valence-electron chi connectivity index (χ0n) is 13.2. The summed E-state index contributed by atoms with van der Waals surface area (Å²) >= 11 is 7.79. The van der Waals surface area contributed by atoms with E-state index in [9.17, 15) is 0 Å². The van der Waals surface area contributed by atoms with Gasteiger partial charge in [0.2, 0.25) is 0 Å². The van der Waals surface area contributed by atoms with Crippen LogP contribution in [-0.4, -0.2) is 16.5 Å². The monoisotopic (exact) mass is 415 g/mol. The fourth-order valence-electron chi connectivity index (χ4n) is 3.07. The van der Waals surface area contributed by atoms with Crippen LogP contribution in [-0.2, 0) is 4.08 Å². The lowest BCUT2D eigenvalue weighted by molar-refractivity contribution is 1.04. The lowest BCUT2D eigenvalue weighted by atomic mass is 10.1. The van der Waals surface area contributed by atoms with Gasteiger partial charge in [0, 0.05) is 27.1 Å². The highest BCUT2D eigenvalue weighted by atomic mass is 79.9. The molecule has 4 heteroatoms. The highest BCUT2D eigenvalue weighted by Crippen LogP contribution is 2.51. The SMILES string of the molecule is Brc1cccc2[nH]cc(/C=C/C3(c4ccccc4)SCCCS3)c12. The van der Waals surface area contributed by atoms with Crippen molar-refractivity contribution in [2.45, 2.75) is 10.5 Å². The van der Waals surface area contributed by atoms with E-state index in [1.54, 1.807) is 0 Å². The first-order valence-electron chi connectivity index (χ1n) is 8.07. The van der Waals surface area contributed by atoms with Crippen LogP contribution in [0.25, 0.3) is 17.0 Å². The van der Waals surface area contributed by atoms with Crippen molar-refractivity contribution in [2.24, 2.45) is 0 Å². The molecule has 1 aromatic heterocycles. The normalized spacial score (nSPS) is 17.5. The van der Waals surface area contributed by atoms with Crippen LogP contribution in [0.4, 0.5) is 0 Å². The van der Waals surface area contributed by atoms with Gasteiger partial charge in [-0.3, -0.25) is 0 Å². The standard InChI is InChI=1S/C20H18BrNS2/c21-17-8-4-9-18-19(17)15(14-22-18)10-11-20(23-12-5-13-24-20)16-6-2-1-3-7-16/h1-4,6-11,14,22H,5,12-13H2/b11-10+. The van der Waals surface area contributed by atoms with Crippen LogP contribution >= 0.6 is 39.5 Å². The average Bonchev–Trinajstić information content (AvgIpc) is 3.06. The first kappa shape index (κ1) is 16.4. The minimum absolute atomic E-state index is 0.0182. The Bertz CT molecular complexity index is 864. The molecule has 1 aliphatic rings. The second-order valence-corrected chi connectivity index (χ2v) is 9.62. The van der Waals surface area contributed by atoms with E-state index in [4.69, 9.17) is 0 Å². The molecule has 1 saturated heterocycles. The van der Waals surface area contributed by atoms with Crippen LogP contribution in [0, 0.1) is 0 Å². The number of fused-ring (bicyclic) bond motifs is 1. The number of aromatic amines is 1. The van der Waals surface area contributed by atoms with Gasteiger partial charge in [-0.1, -0.05) is 64.5 Å². The Labute approximate surface area is 159 Å². The Hall–Kier alpha value is -1.10. The quantitative estimate of drug-likeness (QED) is 0.513. The van der Waals surface area contributed by atoms with Crippen molar-refractivity contribution in [1.82, 2.24) is 4.98 Å². The van der Waals surface area contributed by atoms with Gasteiger partial charge in [-0.25, -0.2) is 0 Å². The zero-order chi connectivity index (χ0) is 16.4. The minimum atomic E-state index is 0.0182. The Kier molecular flexibility index (Phi) is 4.79. The maximum Gasteiger partial charge on any atom is 0.105 e. The zero-order valence-corrected chi connectivity index (χ0v) is 16.4. The van der Waals surface area contributed by atoms with Gasteiger partial charge in [0.1, 0.15) is 4.08 Å². The Morgan fingerprint density at radius 2 is 1.79 bits per heavy atom. The third kappa shape index (κ3) is 3.07. The summed E-state index contributed by atoms with van der Waals surface area (Å²) < 4.78 is 1.16. The lowest BCUT2D eigenvalue weighted by Gasteiger charge is -2.34. The van der Waals surface area contributed by atoms with E-state index in [1.165, 1.54) is 40.0 Å². The maximum atomic E-state index is 3.69. The second kappa shape index (κ2) is 7.03. The Morgan fingerprint density at radius 3 is 2.58 bits per heavy atom. The maximum absolute atomic E-state index is 3.69. The molecule has 1 N–H and O–H groups in total. The van der Waals surface area contributed by atoms with Gasteiger partial charge in [-0.15, -0.1) is 23.5 Å². The van der Waals surface area contributed by atoms with E-state index in [2.05, 4.69) is 87.8 Å². The number of halogens is 1. The number of H-pyrrole nitrogens is 1. The third-order valence-electron chi connectivity index (χ3n) is 4.27. The molecule has 0 atom stereocenters. The number of thioether (sulfide) groups is 2. The van der Waals surface area contributed by atoms with E-state index < -0.39 is 0 Å². The van der Waals surface area contributed by atoms with Crippen molar-refractivity contribution in [3.63, 3.8) is 0 Å². The number of hydrogen-bond donors (Lipinski definition) is 1. The molecule has 0 amide bonds. The van der Waals surface area contributed by atoms with Crippen molar-refractivity contribution < 1.29 is 0 Å². The third-order valence-corrected chi connectivity index (χ3v) is 8.22. The average molecular weight is 416 g/mol. The van der Waals surface area contributed by atoms with E-state index in [1.807, 2.05) is 23.5 Å². The van der Waals surface area contributed by atoms with Gasteiger partial charge >= 0.3 is 0 Å². The molecule has 0 aliphatic carbocycles. The molecular formula is C20H18BrNS2. The van der Waals surface area contributed by atoms with Crippen molar-refractivity contribution >= 4 is 56.4 Å². The molecule has 0 unspecified atom stereocenters. The molecule has 122 valence electrons. The smallest absolute Gasteiger partial charge is 0.105 e. The molecule has 2 aromatic carbocycles. The number of nitrogens with one attached hydrogen (secondary N) is 1. The summed E-state index contributed by atoms with van der Waals surface area (Å²) in [5, 5.41) is 1.25. The fourth-order valence-corrected chi connectivity index (χ4v) is 6.80. The van der Waals surface area contributed by atoms with Crippen LogP contribution in [0.2, 0.25) is 0 Å². The van der Waals surface area contributed by atoms with Gasteiger partial charge < -0.3 is 4.98 Å². The highest BCUT2D eigenvalue weighted by molar-refractivity contribution is 9.10. The fraction of sp³-hybridized carbons (Fsp3) is 0.200. The molecule has 24 heavy (non-hydrogen) atoms. The number of benzene rings is 2. The highest BCUT2D eigenvalue weighted by Gasteiger charge is 2.32. The topological polar surface area (TPSA) is 15.8 Å². The molecule has 2 heterocycles. The Morgan fingerprint density at radius 1 is 1.00 bits per heavy atom. The van der Waals surface area contributed by atoms with Crippen LogP contribution in [0.15, 0.2) is 65.3 Å². The van der Waals surface area contributed by atoms with Crippen molar-refractivity contribution in [1.29, 1.82) is 0 Å². The summed E-state index contributed by atoms with van der Waals surface area (Å²) in [5.41, 5.74) is 3.79. The minimum Gasteiger partial charge on any atom is -0.361 e. The Balaban J connectivity index is 1.76. The summed E-state index contributed by atoms with van der Waals surface area (Å²) in [6, 6.07) is 17.2. The van der Waals surface area contributed by atoms with Gasteiger partial charge in [-0.2, -0.15) is 0 Å². The summed E-state index contributed by atoms with van der Waals surface area (Å²) in [7, 11) is 0. The van der Waals surface area contributed by atoms with Gasteiger partial charge in [0.05, 0.1) is 0 Å². The second-order valence-electron chi connectivity index (χ2n) is 5.82. The predicted octanol–water partition coefficient (Wildman–Crippen LogP) is 6.67. The van der Waals surface area contributed by atoms with Crippen LogP contribution < -0.4 is 0 Å². The summed E-state index contributed by atoms with van der Waals surface area (Å²) in [5.74, 6) is 2.42. The summed E-state index contributed by atoms with van der Waals surface area (Å²) in [6.07, 6.45) is 8.06. The lowest BCUT2D eigenvalue weighted by Crippen LogP contribution is -2.20. The van der Waals surface area contributed by atoms with Crippen LogP contribution in [0.3, 0.4) is 0 Å². The van der Waals surface area contributed by atoms with Gasteiger partial charge in [0.25, 0.3) is 0 Å². The molecule has 3 aromatic rings. The number of aromatic nitrogens is 1. The number of hydrogen-bond acceptors (Lipinski definition) is 2. The van der Waals surface area contributed by atoms with E-state index in [-0.39, 0.29) is 4.08 Å². The van der Waals surface area contributed by atoms with Crippen LogP contribution in [0.1, 0.15) is 17.5 Å². The molecular weight excluding hydrogens is 398 g/mol. The van der Waals surface area contributed by atoms with E-state index in [0.717, 1.165) is 4.47 Å². The van der Waals surface area contributed by atoms with Gasteiger partial charge in [0.15, 0.2) is 0 Å². The first-order valence-corrected chi connectivity index (χ1v) is 10.8. The van der Waals surface area contributed by atoms with E-state index in [0.29, 0.717) is 0 Å².